The van der Waals surface area contributed by atoms with Gasteiger partial charge in [0, 0.05) is 35.9 Å². The van der Waals surface area contributed by atoms with Gasteiger partial charge in [0.25, 0.3) is 0 Å². The highest BCUT2D eigenvalue weighted by Crippen LogP contribution is 2.51. The molecule has 1 N–H and O–H groups in total. The van der Waals surface area contributed by atoms with E-state index in [0.29, 0.717) is 23.0 Å². The first-order valence-electron chi connectivity index (χ1n) is 6.96. The van der Waals surface area contributed by atoms with Crippen LogP contribution in [0.25, 0.3) is 0 Å². The topological polar surface area (TPSA) is 30.5 Å². The molecule has 0 aromatic heterocycles. The average molecular weight is 239 g/mol. The van der Waals surface area contributed by atoms with Crippen molar-refractivity contribution in [1.29, 1.82) is 0 Å². The number of hydrogen-bond donors (Lipinski definition) is 1. The molecular weight excluding hydrogens is 214 g/mol. The van der Waals surface area contributed by atoms with Gasteiger partial charge < -0.3 is 14.8 Å². The van der Waals surface area contributed by atoms with E-state index in [1.165, 1.54) is 12.8 Å². The molecule has 0 amide bonds. The summed E-state index contributed by atoms with van der Waals surface area (Å²) in [5, 5.41) is 3.79. The Bertz CT molecular complexity index is 299. The van der Waals surface area contributed by atoms with E-state index in [2.05, 4.69) is 26.1 Å². The Morgan fingerprint density at radius 3 is 2.65 bits per heavy atom. The van der Waals surface area contributed by atoms with Crippen molar-refractivity contribution in [3.63, 3.8) is 0 Å². The third-order valence-electron chi connectivity index (χ3n) is 4.98. The fourth-order valence-corrected chi connectivity index (χ4v) is 3.85. The van der Waals surface area contributed by atoms with Crippen molar-refractivity contribution in [2.75, 3.05) is 26.4 Å². The Morgan fingerprint density at radius 2 is 2.00 bits per heavy atom. The molecule has 0 aromatic rings. The van der Waals surface area contributed by atoms with Crippen LogP contribution in [0.4, 0.5) is 0 Å². The number of fused-ring (bicyclic) bond motifs is 1. The standard InChI is InChI=1S/C14H25NO2/c1-13(2)11(10-5-4-6-17-12(10)13)15-7-14(3)8-16-9-14/h10-12,15H,4-9H2,1-3H3. The molecule has 98 valence electrons. The number of rotatable bonds is 3. The fourth-order valence-electron chi connectivity index (χ4n) is 3.85. The zero-order valence-corrected chi connectivity index (χ0v) is 11.3. The van der Waals surface area contributed by atoms with Crippen molar-refractivity contribution in [2.24, 2.45) is 16.7 Å². The molecule has 1 saturated carbocycles. The van der Waals surface area contributed by atoms with Crippen molar-refractivity contribution < 1.29 is 9.47 Å². The second kappa shape index (κ2) is 3.94. The molecule has 3 unspecified atom stereocenters. The molecule has 0 spiro atoms. The number of ether oxygens (including phenoxy) is 2. The molecule has 2 aliphatic heterocycles. The van der Waals surface area contributed by atoms with Gasteiger partial charge in [-0.05, 0) is 12.8 Å². The van der Waals surface area contributed by atoms with E-state index >= 15 is 0 Å². The van der Waals surface area contributed by atoms with E-state index in [1.807, 2.05) is 0 Å². The van der Waals surface area contributed by atoms with Crippen LogP contribution in [0, 0.1) is 16.7 Å². The Labute approximate surface area is 104 Å². The summed E-state index contributed by atoms with van der Waals surface area (Å²) in [6.45, 7) is 10.9. The van der Waals surface area contributed by atoms with Crippen molar-refractivity contribution in [3.05, 3.63) is 0 Å². The molecule has 3 nitrogen and oxygen atoms in total. The second-order valence-electron chi connectivity index (χ2n) is 7.08. The summed E-state index contributed by atoms with van der Waals surface area (Å²) in [6.07, 6.45) is 3.05. The molecule has 3 aliphatic rings. The van der Waals surface area contributed by atoms with Crippen molar-refractivity contribution in [1.82, 2.24) is 5.32 Å². The molecule has 1 aliphatic carbocycles. The third kappa shape index (κ3) is 1.83. The van der Waals surface area contributed by atoms with Gasteiger partial charge in [-0.2, -0.15) is 0 Å². The van der Waals surface area contributed by atoms with Gasteiger partial charge in [0.1, 0.15) is 0 Å². The van der Waals surface area contributed by atoms with E-state index < -0.39 is 0 Å². The van der Waals surface area contributed by atoms with Gasteiger partial charge in [0.2, 0.25) is 0 Å². The number of nitrogens with one attached hydrogen (secondary N) is 1. The minimum Gasteiger partial charge on any atom is -0.380 e. The van der Waals surface area contributed by atoms with Gasteiger partial charge in [0.15, 0.2) is 0 Å². The molecule has 2 heterocycles. The SMILES string of the molecule is CC1(CNC2C3CCCOC3C2(C)C)COC1. The molecule has 0 bridgehead atoms. The summed E-state index contributed by atoms with van der Waals surface area (Å²) in [5.41, 5.74) is 0.669. The third-order valence-corrected chi connectivity index (χ3v) is 4.98. The normalized spacial score (nSPS) is 42.2. The van der Waals surface area contributed by atoms with Crippen LogP contribution in [-0.4, -0.2) is 38.5 Å². The summed E-state index contributed by atoms with van der Waals surface area (Å²) in [5.74, 6) is 0.739. The highest BCUT2D eigenvalue weighted by atomic mass is 16.5. The quantitative estimate of drug-likeness (QED) is 0.815. The van der Waals surface area contributed by atoms with Crippen LogP contribution in [0.2, 0.25) is 0 Å². The van der Waals surface area contributed by atoms with Gasteiger partial charge in [0.05, 0.1) is 19.3 Å². The Hall–Kier alpha value is -0.120. The minimum absolute atomic E-state index is 0.298. The first-order valence-corrected chi connectivity index (χ1v) is 6.96. The lowest BCUT2D eigenvalue weighted by Crippen LogP contribution is -2.70. The van der Waals surface area contributed by atoms with Crippen LogP contribution >= 0.6 is 0 Å². The zero-order valence-electron chi connectivity index (χ0n) is 11.3. The van der Waals surface area contributed by atoms with Gasteiger partial charge in [-0.15, -0.1) is 0 Å². The minimum atomic E-state index is 0.298. The van der Waals surface area contributed by atoms with E-state index in [9.17, 15) is 0 Å². The van der Waals surface area contributed by atoms with Crippen molar-refractivity contribution in [2.45, 2.75) is 45.8 Å². The predicted octanol–water partition coefficient (Wildman–Crippen LogP) is 1.82. The zero-order chi connectivity index (χ0) is 12.1. The van der Waals surface area contributed by atoms with Crippen LogP contribution in [0.1, 0.15) is 33.6 Å². The monoisotopic (exact) mass is 239 g/mol. The maximum atomic E-state index is 5.93. The van der Waals surface area contributed by atoms with E-state index in [4.69, 9.17) is 9.47 Å². The highest BCUT2D eigenvalue weighted by molar-refractivity contribution is 5.10. The second-order valence-corrected chi connectivity index (χ2v) is 7.08. The van der Waals surface area contributed by atoms with Gasteiger partial charge >= 0.3 is 0 Å². The van der Waals surface area contributed by atoms with Crippen LogP contribution in [-0.2, 0) is 9.47 Å². The summed E-state index contributed by atoms with van der Waals surface area (Å²) in [4.78, 5) is 0. The van der Waals surface area contributed by atoms with Crippen LogP contribution in [0.15, 0.2) is 0 Å². The molecule has 0 radical (unpaired) electrons. The summed E-state index contributed by atoms with van der Waals surface area (Å²) in [7, 11) is 0. The van der Waals surface area contributed by atoms with E-state index in [-0.39, 0.29) is 0 Å². The molecule has 3 heteroatoms. The molecule has 3 atom stereocenters. The van der Waals surface area contributed by atoms with Gasteiger partial charge in [-0.1, -0.05) is 20.8 Å². The maximum absolute atomic E-state index is 5.93. The lowest BCUT2D eigenvalue weighted by molar-refractivity contribution is -0.197. The summed E-state index contributed by atoms with van der Waals surface area (Å²) >= 11 is 0. The average Bonchev–Trinajstić information content (AvgIpc) is 2.27. The van der Waals surface area contributed by atoms with Gasteiger partial charge in [-0.3, -0.25) is 0 Å². The van der Waals surface area contributed by atoms with Crippen molar-refractivity contribution in [3.8, 4) is 0 Å². The van der Waals surface area contributed by atoms with E-state index in [1.54, 1.807) is 0 Å². The first-order chi connectivity index (χ1) is 8.03. The number of hydrogen-bond acceptors (Lipinski definition) is 3. The van der Waals surface area contributed by atoms with Crippen LogP contribution in [0.5, 0.6) is 0 Å². The Morgan fingerprint density at radius 1 is 1.24 bits per heavy atom. The molecule has 3 fully saturated rings. The lowest BCUT2D eigenvalue weighted by Gasteiger charge is -2.60. The molecular formula is C14H25NO2. The largest absolute Gasteiger partial charge is 0.380 e. The molecule has 17 heavy (non-hydrogen) atoms. The smallest absolute Gasteiger partial charge is 0.0684 e. The van der Waals surface area contributed by atoms with Crippen molar-refractivity contribution >= 4 is 0 Å². The molecule has 2 saturated heterocycles. The fraction of sp³-hybridized carbons (Fsp3) is 1.00. The maximum Gasteiger partial charge on any atom is 0.0684 e. The lowest BCUT2D eigenvalue weighted by atomic mass is 9.55. The van der Waals surface area contributed by atoms with Crippen LogP contribution in [0.3, 0.4) is 0 Å². The predicted molar refractivity (Wildman–Crippen MR) is 67.0 cm³/mol. The van der Waals surface area contributed by atoms with Gasteiger partial charge in [-0.25, -0.2) is 0 Å². The molecule has 3 rings (SSSR count). The molecule has 0 aromatic carbocycles. The van der Waals surface area contributed by atoms with E-state index in [0.717, 1.165) is 32.3 Å². The summed E-state index contributed by atoms with van der Waals surface area (Å²) in [6, 6.07) is 0.630. The Kier molecular flexibility index (Phi) is 2.77. The van der Waals surface area contributed by atoms with Crippen LogP contribution < -0.4 is 5.32 Å². The highest BCUT2D eigenvalue weighted by Gasteiger charge is 2.57. The Balaban J connectivity index is 1.59. The first kappa shape index (κ1) is 11.9. The summed E-state index contributed by atoms with van der Waals surface area (Å²) < 4.78 is 11.2.